The molecular formula is C25H32O7. The van der Waals surface area contributed by atoms with E-state index in [1.165, 1.54) is 0 Å². The lowest BCUT2D eigenvalue weighted by molar-refractivity contribution is -0.211. The summed E-state index contributed by atoms with van der Waals surface area (Å²) in [6.07, 6.45) is 1.29. The maximum absolute atomic E-state index is 12.5. The van der Waals surface area contributed by atoms with E-state index in [0.29, 0.717) is 37.0 Å². The van der Waals surface area contributed by atoms with Crippen molar-refractivity contribution in [3.8, 4) is 11.5 Å². The number of aliphatic hydroxyl groups is 1. The summed E-state index contributed by atoms with van der Waals surface area (Å²) >= 11 is 0. The van der Waals surface area contributed by atoms with Crippen LogP contribution in [-0.4, -0.2) is 41.5 Å². The van der Waals surface area contributed by atoms with Crippen LogP contribution < -0.4 is 9.47 Å². The molecule has 7 heteroatoms. The lowest BCUT2D eigenvalue weighted by Gasteiger charge is -2.61. The van der Waals surface area contributed by atoms with Crippen LogP contribution in [0.2, 0.25) is 0 Å². The van der Waals surface area contributed by atoms with Gasteiger partial charge in [-0.1, -0.05) is 6.92 Å². The normalized spacial score (nSPS) is 37.0. The molecule has 4 aliphatic rings. The first-order chi connectivity index (χ1) is 14.9. The lowest BCUT2D eigenvalue weighted by atomic mass is 9.49. The van der Waals surface area contributed by atoms with Gasteiger partial charge in [-0.2, -0.15) is 0 Å². The summed E-state index contributed by atoms with van der Waals surface area (Å²) in [5.74, 6) is 0.410. The van der Waals surface area contributed by atoms with Crippen LogP contribution in [0.15, 0.2) is 0 Å². The predicted molar refractivity (Wildman–Crippen MR) is 115 cm³/mol. The molecule has 174 valence electrons. The molecule has 32 heavy (non-hydrogen) atoms. The number of cyclic esters (lactones) is 2. The van der Waals surface area contributed by atoms with E-state index in [2.05, 4.69) is 13.8 Å². The van der Waals surface area contributed by atoms with Crippen LogP contribution in [0.4, 0.5) is 0 Å². The lowest BCUT2D eigenvalue weighted by Crippen LogP contribution is -2.66. The van der Waals surface area contributed by atoms with Crippen LogP contribution in [0.25, 0.3) is 0 Å². The number of hydrogen-bond acceptors (Lipinski definition) is 7. The van der Waals surface area contributed by atoms with E-state index in [4.69, 9.17) is 18.9 Å². The largest absolute Gasteiger partial charge is 0.495 e. The minimum absolute atomic E-state index is 0.00607. The zero-order chi connectivity index (χ0) is 23.2. The average Bonchev–Trinajstić information content (AvgIpc) is 3.03. The van der Waals surface area contributed by atoms with E-state index >= 15 is 0 Å². The van der Waals surface area contributed by atoms with Crippen molar-refractivity contribution in [1.82, 2.24) is 0 Å². The molecular weight excluding hydrogens is 412 g/mol. The standard InChI is InChI=1S/C25H32O7/c1-12-14-11-30-22(28)18(14)20(29-6)13-9-16-24(4)8-7-17(27)31-23(2,3)21(24)15(26)10-25(16,5)32-19(12)13/h15-16,21,26H,7-11H2,1-6H3/t15-,16+,21+,24-,25+/m0/s1. The summed E-state index contributed by atoms with van der Waals surface area (Å²) in [7, 11) is 1.57. The highest BCUT2D eigenvalue weighted by atomic mass is 16.6. The summed E-state index contributed by atoms with van der Waals surface area (Å²) in [6, 6.07) is 0. The third-order valence-corrected chi connectivity index (χ3v) is 8.61. The molecule has 1 saturated carbocycles. The highest BCUT2D eigenvalue weighted by Crippen LogP contribution is 2.62. The highest BCUT2D eigenvalue weighted by Gasteiger charge is 2.65. The summed E-state index contributed by atoms with van der Waals surface area (Å²) < 4.78 is 23.6. The second-order valence-electron chi connectivity index (χ2n) is 10.9. The highest BCUT2D eigenvalue weighted by molar-refractivity contribution is 5.98. The Hall–Kier alpha value is -2.28. The number of fused-ring (bicyclic) bond motifs is 5. The Balaban J connectivity index is 1.70. The van der Waals surface area contributed by atoms with Crippen molar-refractivity contribution in [3.63, 3.8) is 0 Å². The second-order valence-corrected chi connectivity index (χ2v) is 10.9. The SMILES string of the molecule is COc1c2c(c(C)c3c1C(=O)OC3)O[C@]1(C)C[C@H](O)[C@@H]3C(C)(C)OC(=O)CC[C@@]3(C)[C@H]1C2. The molecule has 0 spiro atoms. The Morgan fingerprint density at radius 3 is 2.50 bits per heavy atom. The molecule has 1 aromatic carbocycles. The minimum Gasteiger partial charge on any atom is -0.495 e. The molecule has 0 aromatic heterocycles. The third kappa shape index (κ3) is 2.69. The van der Waals surface area contributed by atoms with Crippen molar-refractivity contribution in [2.45, 2.75) is 84.2 Å². The van der Waals surface area contributed by atoms with E-state index in [0.717, 1.165) is 22.4 Å². The molecule has 1 aliphatic carbocycles. The smallest absolute Gasteiger partial charge is 0.342 e. The number of methoxy groups -OCH3 is 1. The van der Waals surface area contributed by atoms with Gasteiger partial charge in [0.05, 0.1) is 13.2 Å². The quantitative estimate of drug-likeness (QED) is 0.663. The van der Waals surface area contributed by atoms with Crippen molar-refractivity contribution in [3.05, 3.63) is 22.3 Å². The number of ether oxygens (including phenoxy) is 4. The Kier molecular flexibility index (Phi) is 4.46. The summed E-state index contributed by atoms with van der Waals surface area (Å²) in [5, 5.41) is 11.4. The molecule has 3 heterocycles. The first-order valence-corrected chi connectivity index (χ1v) is 11.4. The van der Waals surface area contributed by atoms with Gasteiger partial charge in [0.15, 0.2) is 0 Å². The van der Waals surface area contributed by atoms with Crippen LogP contribution >= 0.6 is 0 Å². The van der Waals surface area contributed by atoms with Crippen molar-refractivity contribution < 1.29 is 33.6 Å². The van der Waals surface area contributed by atoms with Crippen LogP contribution in [-0.2, 0) is 27.3 Å². The van der Waals surface area contributed by atoms with Gasteiger partial charge in [0, 0.05) is 35.8 Å². The number of rotatable bonds is 1. The molecule has 1 N–H and O–H groups in total. The van der Waals surface area contributed by atoms with Gasteiger partial charge >= 0.3 is 11.9 Å². The average molecular weight is 445 g/mol. The first-order valence-electron chi connectivity index (χ1n) is 11.4. The summed E-state index contributed by atoms with van der Waals surface area (Å²) in [6.45, 7) is 10.2. The van der Waals surface area contributed by atoms with Gasteiger partial charge in [0.1, 0.15) is 34.9 Å². The molecule has 5 atom stereocenters. The van der Waals surface area contributed by atoms with Crippen molar-refractivity contribution in [2.75, 3.05) is 7.11 Å². The minimum atomic E-state index is -0.800. The monoisotopic (exact) mass is 444 g/mol. The van der Waals surface area contributed by atoms with Crippen molar-refractivity contribution in [1.29, 1.82) is 0 Å². The number of hydrogen-bond donors (Lipinski definition) is 1. The van der Waals surface area contributed by atoms with E-state index in [9.17, 15) is 14.7 Å². The maximum atomic E-state index is 12.5. The molecule has 0 radical (unpaired) electrons. The first kappa shape index (κ1) is 21.6. The van der Waals surface area contributed by atoms with Crippen LogP contribution in [0.5, 0.6) is 11.5 Å². The Morgan fingerprint density at radius 2 is 1.81 bits per heavy atom. The Labute approximate surface area is 188 Å². The van der Waals surface area contributed by atoms with E-state index in [1.54, 1.807) is 7.11 Å². The topological polar surface area (TPSA) is 91.3 Å². The van der Waals surface area contributed by atoms with E-state index < -0.39 is 22.7 Å². The molecule has 2 fully saturated rings. The molecule has 0 amide bonds. The number of esters is 2. The molecule has 0 bridgehead atoms. The maximum Gasteiger partial charge on any atom is 0.342 e. The number of carbonyl (C=O) groups excluding carboxylic acids is 2. The van der Waals surface area contributed by atoms with Gasteiger partial charge in [-0.3, -0.25) is 4.79 Å². The summed E-state index contributed by atoms with van der Waals surface area (Å²) in [5.41, 5.74) is 1.22. The summed E-state index contributed by atoms with van der Waals surface area (Å²) in [4.78, 5) is 24.9. The van der Waals surface area contributed by atoms with Gasteiger partial charge in [-0.25, -0.2) is 4.79 Å². The van der Waals surface area contributed by atoms with Crippen LogP contribution in [0.3, 0.4) is 0 Å². The van der Waals surface area contributed by atoms with Crippen LogP contribution in [0, 0.1) is 24.2 Å². The fourth-order valence-electron chi connectivity index (χ4n) is 7.49. The fraction of sp³-hybridized carbons (Fsp3) is 0.680. The van der Waals surface area contributed by atoms with Crippen molar-refractivity contribution >= 4 is 11.9 Å². The van der Waals surface area contributed by atoms with Gasteiger partial charge < -0.3 is 24.1 Å². The van der Waals surface area contributed by atoms with Gasteiger partial charge in [-0.05, 0) is 51.5 Å². The zero-order valence-electron chi connectivity index (χ0n) is 19.7. The zero-order valence-corrected chi connectivity index (χ0v) is 19.7. The van der Waals surface area contributed by atoms with E-state index in [1.807, 2.05) is 20.8 Å². The Bertz CT molecular complexity index is 1030. The molecule has 7 nitrogen and oxygen atoms in total. The van der Waals surface area contributed by atoms with Gasteiger partial charge in [0.2, 0.25) is 0 Å². The van der Waals surface area contributed by atoms with Crippen molar-refractivity contribution in [2.24, 2.45) is 17.3 Å². The van der Waals surface area contributed by atoms with E-state index in [-0.39, 0.29) is 30.4 Å². The molecule has 1 saturated heterocycles. The molecule has 1 aromatic rings. The number of benzene rings is 1. The predicted octanol–water partition coefficient (Wildman–Crippen LogP) is 3.49. The molecule has 5 rings (SSSR count). The molecule has 3 aliphatic heterocycles. The molecule has 0 unspecified atom stereocenters. The van der Waals surface area contributed by atoms with Gasteiger partial charge in [0.25, 0.3) is 0 Å². The fourth-order valence-corrected chi connectivity index (χ4v) is 7.49. The Morgan fingerprint density at radius 1 is 1.09 bits per heavy atom. The third-order valence-electron chi connectivity index (χ3n) is 8.61. The second kappa shape index (κ2) is 6.62. The number of carbonyl (C=O) groups is 2. The van der Waals surface area contributed by atoms with Crippen LogP contribution in [0.1, 0.15) is 74.0 Å². The number of aliphatic hydroxyl groups excluding tert-OH is 1. The van der Waals surface area contributed by atoms with Gasteiger partial charge in [-0.15, -0.1) is 0 Å².